The summed E-state index contributed by atoms with van der Waals surface area (Å²) < 4.78 is 0. The van der Waals surface area contributed by atoms with Crippen LogP contribution in [0, 0.1) is 0 Å². The van der Waals surface area contributed by atoms with E-state index in [0.29, 0.717) is 0 Å². The zero-order chi connectivity index (χ0) is 8.23. The number of thioether (sulfide) groups is 1. The summed E-state index contributed by atoms with van der Waals surface area (Å²) in [6.07, 6.45) is 3.12. The largest absolute Gasteiger partial charge is 0.246 e. The molecule has 0 fully saturated rings. The Kier molecular flexibility index (Phi) is 2.28. The Morgan fingerprint density at radius 2 is 2.00 bits per heavy atom. The summed E-state index contributed by atoms with van der Waals surface area (Å²) in [7, 11) is 0. The molecular weight excluding hydrogens is 166 g/mol. The van der Waals surface area contributed by atoms with Gasteiger partial charge in [0.05, 0.1) is 10.7 Å². The Hall–Kier alpha value is -1.02. The van der Waals surface area contributed by atoms with E-state index in [-0.39, 0.29) is 0 Å². The summed E-state index contributed by atoms with van der Waals surface area (Å²) in [4.78, 5) is 4.48. The highest BCUT2D eigenvalue weighted by Gasteiger charge is 2.01. The lowest BCUT2D eigenvalue weighted by Crippen LogP contribution is -1.80. The average Bonchev–Trinajstić information content (AvgIpc) is 2.59. The van der Waals surface area contributed by atoms with E-state index in [0.717, 1.165) is 12.1 Å². The van der Waals surface area contributed by atoms with Gasteiger partial charge in [-0.25, -0.2) is 4.99 Å². The van der Waals surface area contributed by atoms with Gasteiger partial charge in [-0.15, -0.1) is 0 Å². The molecule has 1 nitrogen and oxygen atoms in total. The van der Waals surface area contributed by atoms with Crippen molar-refractivity contribution < 1.29 is 0 Å². The lowest BCUT2D eigenvalue weighted by molar-refractivity contribution is 1.46. The number of aliphatic imine (C=N–C) groups is 1. The van der Waals surface area contributed by atoms with E-state index in [9.17, 15) is 0 Å². The van der Waals surface area contributed by atoms with E-state index in [1.807, 2.05) is 30.3 Å². The van der Waals surface area contributed by atoms with Crippen LogP contribution in [0.4, 0.5) is 5.69 Å². The number of para-hydroxylation sites is 1. The quantitative estimate of drug-likeness (QED) is 0.637. The first-order valence-electron chi connectivity index (χ1n) is 3.89. The van der Waals surface area contributed by atoms with Gasteiger partial charge in [0.25, 0.3) is 0 Å². The predicted molar refractivity (Wildman–Crippen MR) is 54.9 cm³/mol. The zero-order valence-corrected chi connectivity index (χ0v) is 7.42. The fraction of sp³-hybridized carbons (Fsp3) is 0.100. The Bertz CT molecular complexity index is 304. The van der Waals surface area contributed by atoms with E-state index >= 15 is 0 Å². The number of rotatable bonds is 1. The average molecular weight is 175 g/mol. The molecule has 0 amide bonds. The monoisotopic (exact) mass is 175 g/mol. The molecule has 0 atom stereocenters. The third-order valence-corrected chi connectivity index (χ3v) is 2.46. The van der Waals surface area contributed by atoms with Crippen LogP contribution in [0.5, 0.6) is 0 Å². The molecule has 0 bridgehead atoms. The first kappa shape index (κ1) is 7.62. The second-order valence-electron chi connectivity index (χ2n) is 2.53. The first-order chi connectivity index (χ1) is 5.95. The van der Waals surface area contributed by atoms with Gasteiger partial charge in [0, 0.05) is 6.42 Å². The summed E-state index contributed by atoms with van der Waals surface area (Å²) in [6, 6.07) is 10.1. The van der Waals surface area contributed by atoms with Crippen LogP contribution in [-0.4, -0.2) is 5.04 Å². The molecule has 0 aliphatic carbocycles. The van der Waals surface area contributed by atoms with Crippen LogP contribution >= 0.6 is 11.8 Å². The SMILES string of the molecule is C1=CSC(=Nc2ccccc2)C1. The summed E-state index contributed by atoms with van der Waals surface area (Å²) in [5, 5.41) is 3.27. The van der Waals surface area contributed by atoms with Crippen LogP contribution < -0.4 is 0 Å². The van der Waals surface area contributed by atoms with Crippen LogP contribution in [0.25, 0.3) is 0 Å². The second kappa shape index (κ2) is 3.59. The van der Waals surface area contributed by atoms with Crippen molar-refractivity contribution >= 4 is 22.5 Å². The maximum atomic E-state index is 4.48. The van der Waals surface area contributed by atoms with Gasteiger partial charge in [-0.05, 0) is 17.5 Å². The molecule has 0 radical (unpaired) electrons. The Labute approximate surface area is 76.2 Å². The van der Waals surface area contributed by atoms with Gasteiger partial charge >= 0.3 is 0 Å². The van der Waals surface area contributed by atoms with Gasteiger partial charge in [0.15, 0.2) is 0 Å². The minimum absolute atomic E-state index is 0.986. The fourth-order valence-corrected chi connectivity index (χ4v) is 1.74. The van der Waals surface area contributed by atoms with Crippen molar-refractivity contribution in [3.8, 4) is 0 Å². The van der Waals surface area contributed by atoms with E-state index in [1.54, 1.807) is 11.8 Å². The second-order valence-corrected chi connectivity index (χ2v) is 3.51. The van der Waals surface area contributed by atoms with Crippen LogP contribution in [0.15, 0.2) is 46.8 Å². The summed E-state index contributed by atoms with van der Waals surface area (Å²) in [5.74, 6) is 0. The minimum atomic E-state index is 0.986. The van der Waals surface area contributed by atoms with E-state index in [1.165, 1.54) is 5.04 Å². The predicted octanol–water partition coefficient (Wildman–Crippen LogP) is 3.37. The summed E-state index contributed by atoms with van der Waals surface area (Å²) >= 11 is 1.71. The van der Waals surface area contributed by atoms with Crippen LogP contribution in [-0.2, 0) is 0 Å². The van der Waals surface area contributed by atoms with Crippen LogP contribution in [0.3, 0.4) is 0 Å². The highest BCUT2D eigenvalue weighted by Crippen LogP contribution is 2.22. The van der Waals surface area contributed by atoms with E-state index in [2.05, 4.69) is 16.5 Å². The third-order valence-electron chi connectivity index (χ3n) is 1.60. The Morgan fingerprint density at radius 1 is 1.17 bits per heavy atom. The molecule has 0 unspecified atom stereocenters. The highest BCUT2D eigenvalue weighted by molar-refractivity contribution is 8.16. The van der Waals surface area contributed by atoms with Crippen LogP contribution in [0.2, 0.25) is 0 Å². The smallest absolute Gasteiger partial charge is 0.0818 e. The highest BCUT2D eigenvalue weighted by atomic mass is 32.2. The first-order valence-corrected chi connectivity index (χ1v) is 4.77. The molecule has 0 N–H and O–H groups in total. The molecular formula is C10H9NS. The molecule has 1 aromatic rings. The molecule has 60 valence electrons. The topological polar surface area (TPSA) is 12.4 Å². The summed E-state index contributed by atoms with van der Waals surface area (Å²) in [5.41, 5.74) is 1.05. The summed E-state index contributed by atoms with van der Waals surface area (Å²) in [6.45, 7) is 0. The van der Waals surface area contributed by atoms with Gasteiger partial charge in [-0.3, -0.25) is 0 Å². The molecule has 0 saturated carbocycles. The molecule has 2 heteroatoms. The Morgan fingerprint density at radius 3 is 2.67 bits per heavy atom. The van der Waals surface area contributed by atoms with Crippen molar-refractivity contribution in [1.29, 1.82) is 0 Å². The van der Waals surface area contributed by atoms with Gasteiger partial charge in [0.2, 0.25) is 0 Å². The molecule has 12 heavy (non-hydrogen) atoms. The molecule has 0 aromatic heterocycles. The van der Waals surface area contributed by atoms with Crippen molar-refractivity contribution in [2.45, 2.75) is 6.42 Å². The van der Waals surface area contributed by atoms with Crippen molar-refractivity contribution in [3.63, 3.8) is 0 Å². The number of allylic oxidation sites excluding steroid dienone is 1. The van der Waals surface area contributed by atoms with E-state index in [4.69, 9.17) is 0 Å². The molecule has 0 saturated heterocycles. The van der Waals surface area contributed by atoms with Gasteiger partial charge < -0.3 is 0 Å². The van der Waals surface area contributed by atoms with Gasteiger partial charge in [0.1, 0.15) is 0 Å². The molecule has 1 aliphatic heterocycles. The van der Waals surface area contributed by atoms with Crippen molar-refractivity contribution in [2.75, 3.05) is 0 Å². The van der Waals surface area contributed by atoms with Crippen LogP contribution in [0.1, 0.15) is 6.42 Å². The lowest BCUT2D eigenvalue weighted by Gasteiger charge is -1.94. The number of nitrogens with zero attached hydrogens (tertiary/aromatic N) is 1. The standard InChI is InChI=1S/C10H9NS/c1-2-5-9(6-3-1)11-10-7-4-8-12-10/h1-6,8H,7H2. The molecule has 1 aromatic carbocycles. The molecule has 1 aliphatic rings. The molecule has 0 spiro atoms. The molecule has 2 rings (SSSR count). The zero-order valence-electron chi connectivity index (χ0n) is 6.60. The maximum Gasteiger partial charge on any atom is 0.0818 e. The van der Waals surface area contributed by atoms with Gasteiger partial charge in [-0.2, -0.15) is 0 Å². The van der Waals surface area contributed by atoms with E-state index < -0.39 is 0 Å². The fourth-order valence-electron chi connectivity index (χ4n) is 1.04. The maximum absolute atomic E-state index is 4.48. The number of benzene rings is 1. The number of hydrogen-bond donors (Lipinski definition) is 0. The van der Waals surface area contributed by atoms with Crippen molar-refractivity contribution in [2.24, 2.45) is 4.99 Å². The van der Waals surface area contributed by atoms with Crippen molar-refractivity contribution in [3.05, 3.63) is 41.8 Å². The normalized spacial score (nSPS) is 18.8. The minimum Gasteiger partial charge on any atom is -0.246 e. The lowest BCUT2D eigenvalue weighted by atomic mass is 10.3. The molecule has 1 heterocycles. The third kappa shape index (κ3) is 1.77. The van der Waals surface area contributed by atoms with Crippen molar-refractivity contribution in [1.82, 2.24) is 0 Å². The van der Waals surface area contributed by atoms with Gasteiger partial charge in [-0.1, -0.05) is 36.0 Å². The Balaban J connectivity index is 2.17. The number of hydrogen-bond acceptors (Lipinski definition) is 2.